The van der Waals surface area contributed by atoms with Crippen LogP contribution < -0.4 is 9.47 Å². The predicted molar refractivity (Wildman–Crippen MR) is 290 cm³/mol. The second kappa shape index (κ2) is 29.2. The number of methoxy groups -OCH3 is 1. The molecule has 4 N–H and O–H groups in total. The van der Waals surface area contributed by atoms with Crippen LogP contribution in [0.5, 0.6) is 11.5 Å². The molecule has 2 saturated heterocycles. The minimum atomic E-state index is -4.44. The lowest BCUT2D eigenvalue weighted by Gasteiger charge is -2.47. The van der Waals surface area contributed by atoms with E-state index in [2.05, 4.69) is 66.9 Å². The molecule has 1 unspecified atom stereocenters. The van der Waals surface area contributed by atoms with E-state index >= 15 is 0 Å². The molecule has 0 saturated carbocycles. The number of benzene rings is 4. The third-order valence-corrected chi connectivity index (χ3v) is 14.6. The maximum Gasteiger partial charge on any atom is 0.422 e. The summed E-state index contributed by atoms with van der Waals surface area (Å²) in [5.41, 5.74) is 3.45. The molecule has 2 aliphatic rings. The highest BCUT2D eigenvalue weighted by Crippen LogP contribution is 2.41. The van der Waals surface area contributed by atoms with Gasteiger partial charge in [-0.1, -0.05) is 98.2 Å². The quantitative estimate of drug-likeness (QED) is 0.0478. The zero-order valence-electron chi connectivity index (χ0n) is 42.4. The maximum atomic E-state index is 12.3. The summed E-state index contributed by atoms with van der Waals surface area (Å²) < 4.78 is 112. The number of ether oxygens (including phenoxy) is 5. The molecule has 0 radical (unpaired) electrons. The van der Waals surface area contributed by atoms with Crippen molar-refractivity contribution in [3.8, 4) is 11.5 Å². The summed E-state index contributed by atoms with van der Waals surface area (Å²) in [5, 5.41) is 41.5. The van der Waals surface area contributed by atoms with Crippen LogP contribution in [-0.4, -0.2) is 125 Å². The molecule has 2 fully saturated rings. The Kier molecular flexibility index (Phi) is 26.5. The topological polar surface area (TPSA) is 163 Å². The first-order valence-corrected chi connectivity index (χ1v) is 31.9. The smallest absolute Gasteiger partial charge is 0.422 e. The zero-order valence-corrected chi connectivity index (χ0v) is 47.5. The number of rotatable bonds is 16. The third-order valence-electron chi connectivity index (χ3n) is 11.4. The van der Waals surface area contributed by atoms with Crippen LogP contribution in [0.25, 0.3) is 0 Å². The fourth-order valence-corrected chi connectivity index (χ4v) is 10.8. The van der Waals surface area contributed by atoms with E-state index in [-0.39, 0.29) is 62.4 Å². The standard InChI is InChI=1S/C22H24ClF3O7.C15H11BrClF3O.C14H30O4Si2.2CH4/c1-31-22(20(30)19(29)18(28)17(10-27)33-22)14-4-7-16(23)13(9-14)8-12-2-5-15(6-3-12)32-11-21(24,25)26;16-12-3-6-14(17)11(8-12)7-10-1-4-13(5-2-10)21-9-15(18,19)20;1-9-11-10(2)12(17-19(3,4)5)13(14(15)16-11)18-20(6,7)8;;/h2-7,9,17-20,27-30H,8,10-11H2,1H3;1-6,8H,7,9H2;10-13H,9H2,1-8H3;2*1H4/t17-,18-,19+,20-,22?;;10-,11-,12+,13-;;/m1.1../s1. The molecule has 4 aromatic rings. The Hall–Kier alpha value is -3.30. The van der Waals surface area contributed by atoms with E-state index in [0.717, 1.165) is 22.0 Å². The number of alkyl halides is 6. The van der Waals surface area contributed by atoms with Crippen LogP contribution in [0.2, 0.25) is 49.3 Å². The lowest BCUT2D eigenvalue weighted by Crippen LogP contribution is -2.64. The summed E-state index contributed by atoms with van der Waals surface area (Å²) in [6.45, 7) is 13.5. The van der Waals surface area contributed by atoms with Crippen molar-refractivity contribution in [3.05, 3.63) is 127 Å². The van der Waals surface area contributed by atoms with Crippen LogP contribution in [-0.2, 0) is 46.5 Å². The van der Waals surface area contributed by atoms with Crippen LogP contribution in [0.4, 0.5) is 26.3 Å². The lowest BCUT2D eigenvalue weighted by molar-refractivity contribution is -0.366. The molecule has 12 nitrogen and oxygen atoms in total. The maximum absolute atomic E-state index is 12.3. The number of esters is 1. The number of halogens is 9. The number of aliphatic hydroxyl groups excluding tert-OH is 4. The molecule has 76 heavy (non-hydrogen) atoms. The molecule has 0 aliphatic carbocycles. The van der Waals surface area contributed by atoms with Crippen molar-refractivity contribution < 1.29 is 84.1 Å². The highest BCUT2D eigenvalue weighted by Gasteiger charge is 2.55. The highest BCUT2D eigenvalue weighted by atomic mass is 79.9. The van der Waals surface area contributed by atoms with Gasteiger partial charge in [0.25, 0.3) is 0 Å². The van der Waals surface area contributed by atoms with Crippen molar-refractivity contribution in [1.82, 2.24) is 0 Å². The molecule has 0 bridgehead atoms. The summed E-state index contributed by atoms with van der Waals surface area (Å²) in [6.07, 6.45) is -14.0. The van der Waals surface area contributed by atoms with Gasteiger partial charge in [-0.2, -0.15) is 26.3 Å². The van der Waals surface area contributed by atoms with Gasteiger partial charge in [-0.05, 0) is 135 Å². The summed E-state index contributed by atoms with van der Waals surface area (Å²) in [6, 6.07) is 22.7. The van der Waals surface area contributed by atoms with Gasteiger partial charge in [-0.3, -0.25) is 0 Å². The van der Waals surface area contributed by atoms with E-state index in [1.165, 1.54) is 43.5 Å². The fourth-order valence-electron chi connectivity index (χ4n) is 7.92. The Morgan fingerprint density at radius 1 is 0.697 bits per heavy atom. The van der Waals surface area contributed by atoms with Crippen molar-refractivity contribution in [1.29, 1.82) is 0 Å². The van der Waals surface area contributed by atoms with E-state index in [9.17, 15) is 51.6 Å². The first kappa shape index (κ1) is 68.8. The second-order valence-electron chi connectivity index (χ2n) is 19.7. The summed E-state index contributed by atoms with van der Waals surface area (Å²) in [5.74, 6) is -1.71. The fraction of sp³-hybridized carbons (Fsp3) is 0.528. The average Bonchev–Trinajstić information content (AvgIpc) is 3.31. The SMILES string of the molecule is C.C.CC[C@H]1OC(=O)[C@H](O[Si](C)(C)C)[C@@H](O[Si](C)(C)C)[C@@H]1C.COC1(c2ccc(Cl)c(Cc3ccc(OCC(F)(F)F)cc3)c2)O[C@H](CO)[C@@H](O)[C@H](O)[C@H]1O.FC(F)(F)COc1ccc(Cc2cc(Br)ccc2Cl)cc1. The van der Waals surface area contributed by atoms with Gasteiger partial charge in [0, 0.05) is 33.1 Å². The molecule has 9 atom stereocenters. The average molecular weight is 1220 g/mol. The molecule has 2 heterocycles. The van der Waals surface area contributed by atoms with Crippen LogP contribution in [0.1, 0.15) is 62.9 Å². The largest absolute Gasteiger partial charge is 0.484 e. The Balaban J connectivity index is 0.000000403. The normalized spacial score (nSPS) is 23.8. The zero-order chi connectivity index (χ0) is 55.6. The number of carbonyl (C=O) groups is 1. The van der Waals surface area contributed by atoms with Crippen LogP contribution in [0.3, 0.4) is 0 Å². The van der Waals surface area contributed by atoms with E-state index in [1.807, 2.05) is 19.1 Å². The minimum Gasteiger partial charge on any atom is -0.484 e. The molecule has 0 amide bonds. The molecular formula is C53H73BrCl2F6O12Si2. The van der Waals surface area contributed by atoms with Crippen molar-refractivity contribution in [2.24, 2.45) is 5.92 Å². The molecule has 4 aromatic carbocycles. The van der Waals surface area contributed by atoms with Gasteiger partial charge in [0.2, 0.25) is 5.79 Å². The number of hydrogen-bond acceptors (Lipinski definition) is 12. The summed E-state index contributed by atoms with van der Waals surface area (Å²) >= 11 is 15.8. The van der Waals surface area contributed by atoms with Crippen molar-refractivity contribution in [2.75, 3.05) is 26.9 Å². The van der Waals surface area contributed by atoms with Crippen molar-refractivity contribution in [3.63, 3.8) is 0 Å². The Morgan fingerprint density at radius 2 is 1.16 bits per heavy atom. The first-order chi connectivity index (χ1) is 34.3. The van der Waals surface area contributed by atoms with Gasteiger partial charge in [0.1, 0.15) is 42.0 Å². The summed E-state index contributed by atoms with van der Waals surface area (Å²) in [4.78, 5) is 12.3. The van der Waals surface area contributed by atoms with Crippen LogP contribution in [0.15, 0.2) is 89.4 Å². The predicted octanol–water partition coefficient (Wildman–Crippen LogP) is 12.4. The molecule has 0 spiro atoms. The van der Waals surface area contributed by atoms with Crippen LogP contribution in [0, 0.1) is 5.92 Å². The number of aliphatic hydroxyl groups is 4. The van der Waals surface area contributed by atoms with Gasteiger partial charge in [-0.15, -0.1) is 0 Å². The molecule has 6 rings (SSSR count). The molecule has 2 aliphatic heterocycles. The first-order valence-electron chi connectivity index (χ1n) is 23.5. The van der Waals surface area contributed by atoms with E-state index in [4.69, 9.17) is 51.0 Å². The van der Waals surface area contributed by atoms with Gasteiger partial charge >= 0.3 is 18.3 Å². The highest BCUT2D eigenvalue weighted by molar-refractivity contribution is 9.10. The van der Waals surface area contributed by atoms with E-state index in [1.54, 1.807) is 36.4 Å². The number of carbonyl (C=O) groups excluding carboxylic acids is 1. The Morgan fingerprint density at radius 3 is 1.58 bits per heavy atom. The lowest BCUT2D eigenvalue weighted by atomic mass is 9.87. The minimum absolute atomic E-state index is 0. The second-order valence-corrected chi connectivity index (χ2v) is 30.4. The monoisotopic (exact) mass is 1220 g/mol. The molecule has 0 aromatic heterocycles. The van der Waals surface area contributed by atoms with E-state index in [0.29, 0.717) is 27.6 Å². The number of cyclic esters (lactones) is 1. The molecule has 23 heteroatoms. The Bertz CT molecular complexity index is 2410. The Labute approximate surface area is 463 Å². The number of hydrogen-bond donors (Lipinski definition) is 4. The molecular weight excluding hydrogens is 1150 g/mol. The van der Waals surface area contributed by atoms with Gasteiger partial charge in [0.05, 0.1) is 12.7 Å². The van der Waals surface area contributed by atoms with E-state index < -0.39 is 85.1 Å². The van der Waals surface area contributed by atoms with Crippen molar-refractivity contribution >= 4 is 61.7 Å². The van der Waals surface area contributed by atoms with Crippen molar-refractivity contribution in [2.45, 2.75) is 148 Å². The molecule has 428 valence electrons. The van der Waals surface area contributed by atoms with Crippen LogP contribution >= 0.6 is 39.1 Å². The van der Waals surface area contributed by atoms with Gasteiger partial charge in [0.15, 0.2) is 36.0 Å². The van der Waals surface area contributed by atoms with Gasteiger partial charge < -0.3 is 53.0 Å². The summed E-state index contributed by atoms with van der Waals surface area (Å²) in [7, 11) is -2.33. The third kappa shape index (κ3) is 20.7. The van der Waals surface area contributed by atoms with Gasteiger partial charge in [-0.25, -0.2) is 4.79 Å².